The minimum absolute atomic E-state index is 0. The van der Waals surface area contributed by atoms with E-state index in [-0.39, 0.29) is 22.8 Å². The van der Waals surface area contributed by atoms with Gasteiger partial charge in [0, 0.05) is 23.8 Å². The minimum Gasteiger partial charge on any atom is -1.00 e. The van der Waals surface area contributed by atoms with Gasteiger partial charge >= 0.3 is 0 Å². The van der Waals surface area contributed by atoms with Gasteiger partial charge in [-0.05, 0) is 12.1 Å². The van der Waals surface area contributed by atoms with Crippen molar-refractivity contribution in [3.63, 3.8) is 0 Å². The van der Waals surface area contributed by atoms with Gasteiger partial charge in [0.25, 0.3) is 0 Å². The molecule has 0 fully saturated rings. The summed E-state index contributed by atoms with van der Waals surface area (Å²) in [6.07, 6.45) is 2.05. The number of carbonyl (C=O) groups excluding carboxylic acids is 1. The second kappa shape index (κ2) is 5.49. The van der Waals surface area contributed by atoms with Crippen LogP contribution in [0.4, 0.5) is 0 Å². The second-order valence-corrected chi connectivity index (χ2v) is 4.56. The van der Waals surface area contributed by atoms with Gasteiger partial charge in [-0.25, -0.2) is 0 Å². The van der Waals surface area contributed by atoms with E-state index in [0.29, 0.717) is 6.54 Å². The van der Waals surface area contributed by atoms with Gasteiger partial charge in [0.15, 0.2) is 12.0 Å². The summed E-state index contributed by atoms with van der Waals surface area (Å²) in [5, 5.41) is 3.59. The van der Waals surface area contributed by atoms with Crippen LogP contribution in [0.3, 0.4) is 0 Å². The molecule has 0 amide bonds. The summed E-state index contributed by atoms with van der Waals surface area (Å²) in [7, 11) is 0. The monoisotopic (exact) mass is 315 g/mol. The van der Waals surface area contributed by atoms with Crippen molar-refractivity contribution in [2.24, 2.45) is 0 Å². The molecule has 0 spiro atoms. The van der Waals surface area contributed by atoms with E-state index in [9.17, 15) is 4.79 Å². The normalized spacial score (nSPS) is 10.4. The Hall–Kier alpha value is -1.74. The van der Waals surface area contributed by atoms with E-state index in [1.165, 1.54) is 10.8 Å². The lowest BCUT2D eigenvalue weighted by Crippen LogP contribution is -3.00. The highest BCUT2D eigenvalue weighted by Crippen LogP contribution is 2.21. The zero-order valence-electron chi connectivity index (χ0n) is 10.6. The van der Waals surface area contributed by atoms with Crippen LogP contribution in [-0.4, -0.2) is 5.78 Å². The van der Waals surface area contributed by atoms with E-state index in [1.54, 1.807) is 6.92 Å². The van der Waals surface area contributed by atoms with Gasteiger partial charge < -0.3 is 17.0 Å². The van der Waals surface area contributed by atoms with Crippen molar-refractivity contribution in [3.05, 3.63) is 54.7 Å². The first-order chi connectivity index (χ1) is 8.75. The third kappa shape index (κ3) is 2.51. The number of rotatable bonds is 2. The predicted molar refractivity (Wildman–Crippen MR) is 72.3 cm³/mol. The number of fused-ring (bicyclic) bond motifs is 3. The summed E-state index contributed by atoms with van der Waals surface area (Å²) >= 11 is 0. The van der Waals surface area contributed by atoms with E-state index in [2.05, 4.69) is 30.5 Å². The Morgan fingerprint density at radius 2 is 1.63 bits per heavy atom. The van der Waals surface area contributed by atoms with E-state index in [0.717, 1.165) is 10.9 Å². The Labute approximate surface area is 122 Å². The van der Waals surface area contributed by atoms with Crippen molar-refractivity contribution in [1.82, 2.24) is 0 Å². The van der Waals surface area contributed by atoms with E-state index < -0.39 is 0 Å². The van der Waals surface area contributed by atoms with Crippen LogP contribution in [0.2, 0.25) is 0 Å². The number of carbonyl (C=O) groups is 1. The number of pyridine rings is 1. The van der Waals surface area contributed by atoms with Crippen molar-refractivity contribution in [2.45, 2.75) is 13.5 Å². The van der Waals surface area contributed by atoms with Crippen LogP contribution in [0.15, 0.2) is 54.7 Å². The van der Waals surface area contributed by atoms with Gasteiger partial charge in [-0.1, -0.05) is 30.3 Å². The summed E-state index contributed by atoms with van der Waals surface area (Å²) in [4.78, 5) is 11.4. The fraction of sp³-hybridized carbons (Fsp3) is 0.125. The third-order valence-electron chi connectivity index (χ3n) is 3.15. The van der Waals surface area contributed by atoms with Gasteiger partial charge in [0.2, 0.25) is 12.1 Å². The molecule has 0 N–H and O–H groups in total. The Balaban J connectivity index is 0.00000133. The fourth-order valence-corrected chi connectivity index (χ4v) is 2.41. The van der Waals surface area contributed by atoms with Crippen LogP contribution in [0.1, 0.15) is 6.92 Å². The smallest absolute Gasteiger partial charge is 0.213 e. The van der Waals surface area contributed by atoms with Gasteiger partial charge in [-0.15, -0.1) is 0 Å². The molecule has 0 aliphatic heterocycles. The molecule has 0 aliphatic carbocycles. The average Bonchev–Trinajstić information content (AvgIpc) is 2.38. The van der Waals surface area contributed by atoms with Crippen LogP contribution in [-0.2, 0) is 11.3 Å². The maximum Gasteiger partial charge on any atom is 0.213 e. The first-order valence-corrected chi connectivity index (χ1v) is 6.05. The Bertz CT molecular complexity index is 752. The maximum absolute atomic E-state index is 11.4. The molecule has 3 heteroatoms. The highest BCUT2D eigenvalue weighted by Gasteiger charge is 2.13. The van der Waals surface area contributed by atoms with Crippen molar-refractivity contribution in [1.29, 1.82) is 0 Å². The van der Waals surface area contributed by atoms with Crippen LogP contribution in [0.25, 0.3) is 21.7 Å². The molecule has 2 aromatic carbocycles. The van der Waals surface area contributed by atoms with Gasteiger partial charge in [0.05, 0.1) is 5.39 Å². The Kier molecular flexibility index (Phi) is 3.96. The molecule has 0 aliphatic rings. The number of hydrogen-bond donors (Lipinski definition) is 0. The van der Waals surface area contributed by atoms with Crippen molar-refractivity contribution in [3.8, 4) is 0 Å². The average molecular weight is 316 g/mol. The fourth-order valence-electron chi connectivity index (χ4n) is 2.41. The maximum atomic E-state index is 11.4. The highest BCUT2D eigenvalue weighted by atomic mass is 79.9. The van der Waals surface area contributed by atoms with Crippen LogP contribution in [0.5, 0.6) is 0 Å². The first kappa shape index (κ1) is 13.7. The molecule has 0 bridgehead atoms. The standard InChI is InChI=1S/C16H14NO.BrH/c1-12(18)10-17-11-13-6-2-3-7-14(13)15-8-4-5-9-16(15)17;/h2-9,11H,10H2,1H3;1H/q+1;/p-1. The minimum atomic E-state index is 0. The summed E-state index contributed by atoms with van der Waals surface area (Å²) < 4.78 is 2.03. The quantitative estimate of drug-likeness (QED) is 0.477. The highest BCUT2D eigenvalue weighted by molar-refractivity contribution is 6.03. The summed E-state index contributed by atoms with van der Waals surface area (Å²) in [6.45, 7) is 2.04. The van der Waals surface area contributed by atoms with Gasteiger partial charge in [-0.2, -0.15) is 4.57 Å². The lowest BCUT2D eigenvalue weighted by Gasteiger charge is -2.04. The van der Waals surface area contributed by atoms with Gasteiger partial charge in [0.1, 0.15) is 0 Å². The molecule has 1 heterocycles. The lowest BCUT2D eigenvalue weighted by molar-refractivity contribution is -0.656. The SMILES string of the molecule is CC(=O)C[n+]1cc2ccccc2c2ccccc21.[Br-]. The molecule has 2 nitrogen and oxygen atoms in total. The van der Waals surface area contributed by atoms with Crippen LogP contribution >= 0.6 is 0 Å². The third-order valence-corrected chi connectivity index (χ3v) is 3.15. The molecule has 0 saturated heterocycles. The van der Waals surface area contributed by atoms with Crippen molar-refractivity contribution < 1.29 is 26.3 Å². The molecule has 0 saturated carbocycles. The molecule has 0 unspecified atom stereocenters. The number of ketones is 1. The number of aromatic nitrogens is 1. The van der Waals surface area contributed by atoms with Crippen molar-refractivity contribution in [2.75, 3.05) is 0 Å². The second-order valence-electron chi connectivity index (χ2n) is 4.56. The number of nitrogens with zero attached hydrogens (tertiary/aromatic N) is 1. The molecule has 0 atom stereocenters. The largest absolute Gasteiger partial charge is 1.00 e. The molecule has 3 rings (SSSR count). The van der Waals surface area contributed by atoms with E-state index in [4.69, 9.17) is 0 Å². The van der Waals surface area contributed by atoms with E-state index in [1.807, 2.05) is 28.8 Å². The lowest BCUT2D eigenvalue weighted by atomic mass is 10.1. The molecular weight excluding hydrogens is 302 g/mol. The zero-order chi connectivity index (χ0) is 12.5. The topological polar surface area (TPSA) is 20.9 Å². The molecule has 1 aromatic heterocycles. The number of Topliss-reactive ketones (excluding diaryl/α,β-unsaturated/α-hetero) is 1. The van der Waals surface area contributed by atoms with Crippen molar-refractivity contribution >= 4 is 27.5 Å². The Morgan fingerprint density at radius 3 is 2.37 bits per heavy atom. The number of para-hydroxylation sites is 1. The number of halogens is 1. The van der Waals surface area contributed by atoms with E-state index >= 15 is 0 Å². The molecule has 96 valence electrons. The summed E-state index contributed by atoms with van der Waals surface area (Å²) in [6, 6.07) is 16.5. The molecule has 19 heavy (non-hydrogen) atoms. The summed E-state index contributed by atoms with van der Waals surface area (Å²) in [5.74, 6) is 0.167. The molecular formula is C16H14BrNO. The van der Waals surface area contributed by atoms with Gasteiger partial charge in [-0.3, -0.25) is 4.79 Å². The van der Waals surface area contributed by atoms with Crippen LogP contribution in [0, 0.1) is 0 Å². The number of benzene rings is 2. The molecule has 3 aromatic rings. The molecule has 0 radical (unpaired) electrons. The number of hydrogen-bond acceptors (Lipinski definition) is 1. The first-order valence-electron chi connectivity index (χ1n) is 6.05. The van der Waals surface area contributed by atoms with Crippen LogP contribution < -0.4 is 21.5 Å². The zero-order valence-corrected chi connectivity index (χ0v) is 12.2. The Morgan fingerprint density at radius 1 is 1.00 bits per heavy atom. The predicted octanol–water partition coefficient (Wildman–Crippen LogP) is -0.127. The summed E-state index contributed by atoms with van der Waals surface area (Å²) in [5.41, 5.74) is 1.10.